The van der Waals surface area contributed by atoms with Crippen LogP contribution in [0.2, 0.25) is 0 Å². The van der Waals surface area contributed by atoms with Gasteiger partial charge in [-0.1, -0.05) is 26.0 Å². The zero-order chi connectivity index (χ0) is 22.0. The summed E-state index contributed by atoms with van der Waals surface area (Å²) in [7, 11) is -4.43. The highest BCUT2D eigenvalue weighted by Gasteiger charge is 2.40. The average Bonchev–Trinajstić information content (AvgIpc) is 2.64. The fraction of sp³-hybridized carbons (Fsp3) is 0.579. The van der Waals surface area contributed by atoms with E-state index in [0.29, 0.717) is 31.5 Å². The van der Waals surface area contributed by atoms with E-state index < -0.39 is 37.3 Å². The molecule has 0 bridgehead atoms. The lowest BCUT2D eigenvalue weighted by Crippen LogP contribution is -2.40. The maximum Gasteiger partial charge on any atom is 0.351 e. The number of nitrogens with two attached hydrogens (primary N) is 2. The molecule has 1 aromatic carbocycles. The Morgan fingerprint density at radius 2 is 1.83 bits per heavy atom. The van der Waals surface area contributed by atoms with Gasteiger partial charge in [-0.25, -0.2) is 4.79 Å². The van der Waals surface area contributed by atoms with Gasteiger partial charge in [0.2, 0.25) is 5.91 Å². The number of unbranched alkanes of at least 4 members (excludes halogenated alkanes) is 1. The quantitative estimate of drug-likeness (QED) is 0.181. The number of aryl methyl sites for hydroxylation is 1. The van der Waals surface area contributed by atoms with Crippen LogP contribution >= 0.6 is 7.60 Å². The molecule has 0 heterocycles. The van der Waals surface area contributed by atoms with Gasteiger partial charge in [0.15, 0.2) is 6.10 Å². The smallest absolute Gasteiger partial charge is 0.351 e. The molecule has 1 rings (SSSR count). The number of carboxylic acids is 1. The molecule has 0 saturated heterocycles. The number of nitrogens with one attached hydrogen (secondary N) is 1. The van der Waals surface area contributed by atoms with Crippen LogP contribution in [0.5, 0.6) is 0 Å². The van der Waals surface area contributed by atoms with Crippen LogP contribution in [0.1, 0.15) is 45.1 Å². The van der Waals surface area contributed by atoms with Gasteiger partial charge in [-0.3, -0.25) is 13.9 Å². The van der Waals surface area contributed by atoms with Gasteiger partial charge in [-0.15, -0.1) is 0 Å². The van der Waals surface area contributed by atoms with E-state index in [2.05, 4.69) is 5.32 Å². The van der Waals surface area contributed by atoms with Crippen molar-refractivity contribution >= 4 is 25.2 Å². The van der Waals surface area contributed by atoms with Crippen LogP contribution in [0.3, 0.4) is 0 Å². The van der Waals surface area contributed by atoms with Gasteiger partial charge in [0, 0.05) is 12.1 Å². The van der Waals surface area contributed by atoms with Crippen molar-refractivity contribution in [1.82, 2.24) is 5.32 Å². The zero-order valence-corrected chi connectivity index (χ0v) is 17.8. The standard InChI is InChI=1S/C19H32N3O6P/c1-13(2)18(22-17(23)11-8-14-6-9-15(21)10-7-14)29(26,27)28-16(19(24)25)5-3-4-12-20/h6-7,9-10,13,16,18H,3-5,8,11-12,20-21H2,1-2H3,(H,22,23)(H,24,25)(H,26,27)/t16?,18-/m0/s1. The molecule has 1 amide bonds. The molecule has 0 saturated carbocycles. The highest BCUT2D eigenvalue weighted by molar-refractivity contribution is 7.53. The predicted molar refractivity (Wildman–Crippen MR) is 111 cm³/mol. The van der Waals surface area contributed by atoms with Crippen LogP contribution in [-0.2, 0) is 25.1 Å². The van der Waals surface area contributed by atoms with Crippen LogP contribution in [0.4, 0.5) is 5.69 Å². The molecule has 29 heavy (non-hydrogen) atoms. The minimum Gasteiger partial charge on any atom is -0.479 e. The summed E-state index contributed by atoms with van der Waals surface area (Å²) >= 11 is 0. The number of carbonyl (C=O) groups excluding carboxylic acids is 1. The molecule has 0 aliphatic carbocycles. The van der Waals surface area contributed by atoms with Crippen LogP contribution < -0.4 is 16.8 Å². The van der Waals surface area contributed by atoms with Gasteiger partial charge in [0.1, 0.15) is 5.78 Å². The van der Waals surface area contributed by atoms with Crippen molar-refractivity contribution in [2.45, 2.75) is 57.8 Å². The summed E-state index contributed by atoms with van der Waals surface area (Å²) in [6, 6.07) is 7.08. The first-order valence-corrected chi connectivity index (χ1v) is 11.3. The lowest BCUT2D eigenvalue weighted by Gasteiger charge is -2.28. The number of benzene rings is 1. The number of hydrogen-bond acceptors (Lipinski definition) is 6. The van der Waals surface area contributed by atoms with E-state index in [1.165, 1.54) is 0 Å². The van der Waals surface area contributed by atoms with E-state index in [1.54, 1.807) is 38.1 Å². The number of carboxylic acid groups (broad SMARTS) is 1. The lowest BCUT2D eigenvalue weighted by atomic mass is 10.1. The van der Waals surface area contributed by atoms with E-state index >= 15 is 0 Å². The Morgan fingerprint density at radius 3 is 2.34 bits per heavy atom. The first kappa shape index (κ1) is 25.1. The molecule has 0 aromatic heterocycles. The van der Waals surface area contributed by atoms with Crippen molar-refractivity contribution in [3.8, 4) is 0 Å². The molecular formula is C19H32N3O6P. The first-order valence-electron chi connectivity index (χ1n) is 9.64. The molecule has 0 radical (unpaired) electrons. The SMILES string of the molecule is CC(C)[C@@H](NC(=O)CCc1ccc(N)cc1)P(=O)(O)OC(CCCCN)C(=O)O. The van der Waals surface area contributed by atoms with E-state index in [0.717, 1.165) is 5.56 Å². The van der Waals surface area contributed by atoms with Gasteiger partial charge in [0.25, 0.3) is 0 Å². The largest absolute Gasteiger partial charge is 0.479 e. The second-order valence-corrected chi connectivity index (χ2v) is 9.17. The van der Waals surface area contributed by atoms with Gasteiger partial charge >= 0.3 is 13.6 Å². The number of amides is 1. The molecule has 1 aromatic rings. The van der Waals surface area contributed by atoms with Crippen LogP contribution in [-0.4, -0.2) is 40.3 Å². The third-order valence-corrected chi connectivity index (χ3v) is 6.37. The number of rotatable bonds is 13. The average molecular weight is 429 g/mol. The Bertz CT molecular complexity index is 710. The monoisotopic (exact) mass is 429 g/mol. The number of hydrogen-bond donors (Lipinski definition) is 5. The Morgan fingerprint density at radius 1 is 1.21 bits per heavy atom. The van der Waals surface area contributed by atoms with Gasteiger partial charge in [0.05, 0.1) is 0 Å². The minimum atomic E-state index is -4.43. The summed E-state index contributed by atoms with van der Waals surface area (Å²) in [4.78, 5) is 34.1. The molecule has 0 spiro atoms. The highest BCUT2D eigenvalue weighted by atomic mass is 31.2. The van der Waals surface area contributed by atoms with Crippen molar-refractivity contribution in [2.75, 3.05) is 12.3 Å². The van der Waals surface area contributed by atoms with Crippen molar-refractivity contribution in [1.29, 1.82) is 0 Å². The molecule has 3 atom stereocenters. The van der Waals surface area contributed by atoms with E-state index in [4.69, 9.17) is 16.0 Å². The van der Waals surface area contributed by atoms with Gasteiger partial charge in [-0.05, 0) is 55.8 Å². The van der Waals surface area contributed by atoms with Gasteiger partial charge < -0.3 is 26.8 Å². The molecule has 164 valence electrons. The van der Waals surface area contributed by atoms with Crippen molar-refractivity contribution in [2.24, 2.45) is 11.7 Å². The van der Waals surface area contributed by atoms with Crippen LogP contribution in [0, 0.1) is 5.92 Å². The second-order valence-electron chi connectivity index (χ2n) is 7.28. The predicted octanol–water partition coefficient (Wildman–Crippen LogP) is 2.08. The number of nitrogen functional groups attached to an aromatic ring is 1. The molecule has 9 nitrogen and oxygen atoms in total. The summed E-state index contributed by atoms with van der Waals surface area (Å²) in [6.07, 6.45) is 0.195. The maximum absolute atomic E-state index is 12.8. The molecule has 2 unspecified atom stereocenters. The Labute approximate surface area is 171 Å². The third-order valence-electron chi connectivity index (χ3n) is 4.39. The molecular weight excluding hydrogens is 397 g/mol. The van der Waals surface area contributed by atoms with Gasteiger partial charge in [-0.2, -0.15) is 0 Å². The maximum atomic E-state index is 12.8. The van der Waals surface area contributed by atoms with E-state index in [1.807, 2.05) is 0 Å². The third kappa shape index (κ3) is 8.95. The van der Waals surface area contributed by atoms with Crippen molar-refractivity contribution < 1.29 is 28.7 Å². The lowest BCUT2D eigenvalue weighted by molar-refractivity contribution is -0.145. The van der Waals surface area contributed by atoms with Crippen LogP contribution in [0.25, 0.3) is 0 Å². The molecule has 0 fully saturated rings. The first-order chi connectivity index (χ1) is 13.6. The number of carbonyl (C=O) groups is 2. The van der Waals surface area contributed by atoms with Crippen molar-refractivity contribution in [3.05, 3.63) is 29.8 Å². The highest BCUT2D eigenvalue weighted by Crippen LogP contribution is 2.50. The Balaban J connectivity index is 2.74. The molecule has 10 heteroatoms. The zero-order valence-electron chi connectivity index (χ0n) is 16.9. The fourth-order valence-corrected chi connectivity index (χ4v) is 4.50. The molecule has 0 aliphatic rings. The summed E-state index contributed by atoms with van der Waals surface area (Å²) in [5, 5.41) is 11.8. The summed E-state index contributed by atoms with van der Waals surface area (Å²) < 4.78 is 17.9. The van der Waals surface area contributed by atoms with Crippen molar-refractivity contribution in [3.63, 3.8) is 0 Å². The Kier molecular flexibility index (Phi) is 10.3. The summed E-state index contributed by atoms with van der Waals surface area (Å²) in [6.45, 7) is 3.70. The summed E-state index contributed by atoms with van der Waals surface area (Å²) in [5.74, 6) is -3.40. The van der Waals surface area contributed by atoms with E-state index in [-0.39, 0.29) is 12.8 Å². The number of aliphatic carboxylic acids is 1. The summed E-state index contributed by atoms with van der Waals surface area (Å²) in [5.41, 5.74) is 12.5. The molecule has 7 N–H and O–H groups in total. The fourth-order valence-electron chi connectivity index (χ4n) is 2.75. The van der Waals surface area contributed by atoms with E-state index in [9.17, 15) is 24.2 Å². The topological polar surface area (TPSA) is 165 Å². The normalized spacial score (nSPS) is 15.5. The Hall–Kier alpha value is -1.93. The minimum absolute atomic E-state index is 0.0625. The number of anilines is 1. The van der Waals surface area contributed by atoms with Crippen LogP contribution in [0.15, 0.2) is 24.3 Å². The molecule has 0 aliphatic heterocycles. The second kappa shape index (κ2) is 11.9.